The van der Waals surface area contributed by atoms with Crippen LogP contribution in [0.4, 0.5) is 0 Å². The molecule has 0 aliphatic heterocycles. The van der Waals surface area contributed by atoms with Crippen LogP contribution in [0.3, 0.4) is 0 Å². The number of sulfone groups is 2. The predicted octanol–water partition coefficient (Wildman–Crippen LogP) is 5.44. The molecule has 0 unspecified atom stereocenters. The molecule has 0 spiro atoms. The van der Waals surface area contributed by atoms with Crippen molar-refractivity contribution < 1.29 is 16.8 Å². The van der Waals surface area contributed by atoms with Crippen LogP contribution in [0.15, 0.2) is 121 Å². The fraction of sp³-hybridized carbons (Fsp3) is 0.172. The summed E-state index contributed by atoms with van der Waals surface area (Å²) < 4.78 is 53.1. The molecule has 4 aromatic rings. The quantitative estimate of drug-likeness (QED) is 0.289. The van der Waals surface area contributed by atoms with Crippen molar-refractivity contribution in [2.45, 2.75) is 11.8 Å². The van der Waals surface area contributed by atoms with Gasteiger partial charge in [-0.3, -0.25) is 0 Å². The van der Waals surface area contributed by atoms with Crippen LogP contribution in [0, 0.1) is 0 Å². The molecule has 180 valence electrons. The largest absolute Gasteiger partial charge is 0.228 e. The average molecular weight is 505 g/mol. The van der Waals surface area contributed by atoms with E-state index in [1.807, 2.05) is 121 Å². The molecule has 0 aliphatic carbocycles. The molecule has 0 saturated carbocycles. The number of hydrogen-bond donors (Lipinski definition) is 0. The number of rotatable bonds is 10. The minimum Gasteiger partial charge on any atom is -0.228 e. The molecule has 4 rings (SSSR count). The van der Waals surface area contributed by atoms with E-state index < -0.39 is 36.6 Å². The molecule has 6 heteroatoms. The summed E-state index contributed by atoms with van der Waals surface area (Å²) in [7, 11) is -7.87. The molecule has 0 amide bonds. The maximum Gasteiger partial charge on any atom is 0.165 e. The summed E-state index contributed by atoms with van der Waals surface area (Å²) in [4.78, 5) is 0. The van der Waals surface area contributed by atoms with Gasteiger partial charge in [-0.25, -0.2) is 16.8 Å². The Labute approximate surface area is 208 Å². The van der Waals surface area contributed by atoms with Crippen molar-refractivity contribution in [2.24, 2.45) is 0 Å². The molecule has 0 N–H and O–H groups in total. The maximum atomic E-state index is 13.3. The molecule has 0 radical (unpaired) electrons. The van der Waals surface area contributed by atoms with Crippen LogP contribution < -0.4 is 0 Å². The van der Waals surface area contributed by atoms with Crippen molar-refractivity contribution in [2.75, 3.05) is 16.6 Å². The average Bonchev–Trinajstić information content (AvgIpc) is 2.87. The van der Waals surface area contributed by atoms with E-state index in [0.717, 1.165) is 22.3 Å². The van der Waals surface area contributed by atoms with Crippen molar-refractivity contribution in [3.63, 3.8) is 0 Å². The highest BCUT2D eigenvalue weighted by molar-refractivity contribution is 8.08. The Morgan fingerprint density at radius 3 is 0.857 bits per heavy atom. The molecule has 0 fully saturated rings. The monoisotopic (exact) mass is 504 g/mol. The molecule has 0 heterocycles. The van der Waals surface area contributed by atoms with Crippen molar-refractivity contribution in [3.8, 4) is 0 Å². The van der Waals surface area contributed by atoms with Gasteiger partial charge in [0.2, 0.25) is 0 Å². The maximum absolute atomic E-state index is 13.3. The first-order valence-electron chi connectivity index (χ1n) is 11.4. The van der Waals surface area contributed by atoms with Gasteiger partial charge in [-0.2, -0.15) is 0 Å². The van der Waals surface area contributed by atoms with Crippen molar-refractivity contribution in [1.29, 1.82) is 0 Å². The number of benzene rings is 4. The fourth-order valence-electron chi connectivity index (χ4n) is 4.39. The third-order valence-corrected chi connectivity index (χ3v) is 10.6. The standard InChI is InChI=1S/C29H28O4S2/c30-34(31,21-28(24-13-5-1-6-14-24)25-15-7-2-8-16-25)23-35(32,33)22-29(26-17-9-3-10-18-26)27-19-11-4-12-20-27/h1-20,28-29H,21-23H2. The Morgan fingerprint density at radius 1 is 0.400 bits per heavy atom. The minimum absolute atomic E-state index is 0.276. The summed E-state index contributed by atoms with van der Waals surface area (Å²) in [5.41, 5.74) is 3.36. The van der Waals surface area contributed by atoms with Crippen LogP contribution in [-0.2, 0) is 19.7 Å². The Kier molecular flexibility index (Phi) is 7.83. The van der Waals surface area contributed by atoms with Crippen molar-refractivity contribution in [1.82, 2.24) is 0 Å². The van der Waals surface area contributed by atoms with Gasteiger partial charge in [-0.15, -0.1) is 0 Å². The Hall–Kier alpha value is -3.22. The summed E-state index contributed by atoms with van der Waals surface area (Å²) in [6.45, 7) is 0. The van der Waals surface area contributed by atoms with Crippen LogP contribution >= 0.6 is 0 Å². The fourth-order valence-corrected chi connectivity index (χ4v) is 9.13. The molecule has 0 aliphatic rings. The van der Waals surface area contributed by atoms with Crippen molar-refractivity contribution in [3.05, 3.63) is 144 Å². The van der Waals surface area contributed by atoms with E-state index >= 15 is 0 Å². The Balaban J connectivity index is 1.59. The summed E-state index contributed by atoms with van der Waals surface area (Å²) in [5.74, 6) is -1.45. The molecule has 0 bridgehead atoms. The zero-order valence-electron chi connectivity index (χ0n) is 19.3. The normalized spacial score (nSPS) is 12.2. The van der Waals surface area contributed by atoms with Crippen LogP contribution in [0.5, 0.6) is 0 Å². The Morgan fingerprint density at radius 2 is 0.629 bits per heavy atom. The molecular weight excluding hydrogens is 476 g/mol. The van der Waals surface area contributed by atoms with E-state index in [2.05, 4.69) is 0 Å². The molecule has 0 saturated heterocycles. The van der Waals surface area contributed by atoms with Crippen LogP contribution in [-0.4, -0.2) is 33.4 Å². The smallest absolute Gasteiger partial charge is 0.165 e. The van der Waals surface area contributed by atoms with Gasteiger partial charge in [0.05, 0.1) is 11.5 Å². The summed E-state index contributed by atoms with van der Waals surface area (Å²) in [6.07, 6.45) is 0. The van der Waals surface area contributed by atoms with Gasteiger partial charge in [0.1, 0.15) is 0 Å². The molecule has 0 aromatic heterocycles. The predicted molar refractivity (Wildman–Crippen MR) is 142 cm³/mol. The molecule has 0 atom stereocenters. The third kappa shape index (κ3) is 6.90. The Bertz CT molecular complexity index is 1230. The van der Waals surface area contributed by atoms with E-state index in [0.29, 0.717) is 0 Å². The topological polar surface area (TPSA) is 68.3 Å². The highest BCUT2D eigenvalue weighted by Crippen LogP contribution is 2.29. The van der Waals surface area contributed by atoms with Crippen LogP contribution in [0.25, 0.3) is 0 Å². The van der Waals surface area contributed by atoms with Gasteiger partial charge in [-0.05, 0) is 22.3 Å². The highest BCUT2D eigenvalue weighted by Gasteiger charge is 2.30. The number of hydrogen-bond acceptors (Lipinski definition) is 4. The lowest BCUT2D eigenvalue weighted by atomic mass is 9.93. The van der Waals surface area contributed by atoms with E-state index in [9.17, 15) is 16.8 Å². The first-order chi connectivity index (χ1) is 16.8. The van der Waals surface area contributed by atoms with E-state index in [1.165, 1.54) is 0 Å². The molecule has 4 aromatic carbocycles. The van der Waals surface area contributed by atoms with Gasteiger partial charge < -0.3 is 0 Å². The van der Waals surface area contributed by atoms with Gasteiger partial charge in [-0.1, -0.05) is 121 Å². The molecule has 4 nitrogen and oxygen atoms in total. The first kappa shape index (κ1) is 24.9. The van der Waals surface area contributed by atoms with Crippen LogP contribution in [0.1, 0.15) is 34.1 Å². The third-order valence-electron chi connectivity index (χ3n) is 6.01. The van der Waals surface area contributed by atoms with Crippen molar-refractivity contribution >= 4 is 19.7 Å². The zero-order valence-corrected chi connectivity index (χ0v) is 20.9. The second-order valence-electron chi connectivity index (χ2n) is 8.69. The SMILES string of the molecule is O=S(=O)(CC(c1ccccc1)c1ccccc1)CS(=O)(=O)CC(c1ccccc1)c1ccccc1. The van der Waals surface area contributed by atoms with E-state index in [-0.39, 0.29) is 11.5 Å². The lowest BCUT2D eigenvalue weighted by Crippen LogP contribution is -2.27. The first-order valence-corrected chi connectivity index (χ1v) is 15.1. The summed E-state index contributed by atoms with van der Waals surface area (Å²) in [6, 6.07) is 37.4. The zero-order chi connectivity index (χ0) is 24.7. The van der Waals surface area contributed by atoms with E-state index in [1.54, 1.807) is 0 Å². The van der Waals surface area contributed by atoms with Gasteiger partial charge in [0.25, 0.3) is 0 Å². The van der Waals surface area contributed by atoms with Gasteiger partial charge >= 0.3 is 0 Å². The lowest BCUT2D eigenvalue weighted by Gasteiger charge is -2.20. The molecule has 35 heavy (non-hydrogen) atoms. The second-order valence-corrected chi connectivity index (χ2v) is 13.3. The molecular formula is C29H28O4S2. The lowest BCUT2D eigenvalue weighted by molar-refractivity contribution is 0.584. The van der Waals surface area contributed by atoms with Gasteiger partial charge in [0.15, 0.2) is 24.8 Å². The van der Waals surface area contributed by atoms with E-state index in [4.69, 9.17) is 0 Å². The summed E-state index contributed by atoms with van der Waals surface area (Å²) >= 11 is 0. The highest BCUT2D eigenvalue weighted by atomic mass is 32.3. The summed E-state index contributed by atoms with van der Waals surface area (Å²) in [5, 5.41) is -0.883. The second kappa shape index (κ2) is 11.0. The van der Waals surface area contributed by atoms with Crippen LogP contribution in [0.2, 0.25) is 0 Å². The minimum atomic E-state index is -3.93. The van der Waals surface area contributed by atoms with Gasteiger partial charge in [0, 0.05) is 11.8 Å².